The number of non-ortho nitro benzene ring substituents is 1. The number of nitrogens with zero attached hydrogens (tertiary/aromatic N) is 1. The number of thioether (sulfide) groups is 1. The Morgan fingerprint density at radius 2 is 1.59 bits per heavy atom. The molecule has 0 bridgehead atoms. The maximum Gasteiger partial charge on any atom is 0.269 e. The lowest BCUT2D eigenvalue weighted by atomic mass is 10.2. The predicted octanol–water partition coefficient (Wildman–Crippen LogP) is 4.98. The van der Waals surface area contributed by atoms with Crippen LogP contribution in [-0.2, 0) is 4.79 Å². The van der Waals surface area contributed by atoms with Gasteiger partial charge in [0.05, 0.1) is 17.3 Å². The monoisotopic (exact) mass is 451 g/mol. The molecule has 9 heteroatoms. The smallest absolute Gasteiger partial charge is 0.269 e. The standard InChI is InChI=1S/C23H21N3O5S/c1-15(22(27)24-17-6-10-19(11-7-17)26(29)30)32-21-12-8-18(9-13-21)25-23(28)16-4-3-5-20(14-16)31-2/h3-15H,1-2H3,(H,24,27)(H,25,28). The fourth-order valence-electron chi connectivity index (χ4n) is 2.75. The van der Waals surface area contributed by atoms with Crippen LogP contribution in [0.25, 0.3) is 0 Å². The molecule has 3 aromatic rings. The Kier molecular flexibility index (Phi) is 7.45. The van der Waals surface area contributed by atoms with Crippen LogP contribution in [0.5, 0.6) is 5.75 Å². The van der Waals surface area contributed by atoms with Crippen molar-refractivity contribution in [3.8, 4) is 5.75 Å². The molecule has 0 aliphatic rings. The summed E-state index contributed by atoms with van der Waals surface area (Å²) in [7, 11) is 1.54. The summed E-state index contributed by atoms with van der Waals surface area (Å²) in [6.45, 7) is 1.77. The Bertz CT molecular complexity index is 1120. The summed E-state index contributed by atoms with van der Waals surface area (Å²) in [5, 5.41) is 15.9. The third kappa shape index (κ3) is 6.08. The predicted molar refractivity (Wildman–Crippen MR) is 124 cm³/mol. The van der Waals surface area contributed by atoms with Crippen LogP contribution < -0.4 is 15.4 Å². The van der Waals surface area contributed by atoms with E-state index in [1.54, 1.807) is 50.4 Å². The lowest BCUT2D eigenvalue weighted by molar-refractivity contribution is -0.384. The number of nitro benzene ring substituents is 1. The van der Waals surface area contributed by atoms with Gasteiger partial charge in [0.15, 0.2) is 0 Å². The van der Waals surface area contributed by atoms with E-state index < -0.39 is 10.2 Å². The van der Waals surface area contributed by atoms with Gasteiger partial charge in [-0.05, 0) is 61.5 Å². The third-order valence-electron chi connectivity index (χ3n) is 4.47. The van der Waals surface area contributed by atoms with Crippen molar-refractivity contribution >= 4 is 40.6 Å². The summed E-state index contributed by atoms with van der Waals surface area (Å²) in [5.74, 6) is 0.129. The van der Waals surface area contributed by atoms with Crippen molar-refractivity contribution in [2.24, 2.45) is 0 Å². The van der Waals surface area contributed by atoms with Gasteiger partial charge in [0.2, 0.25) is 5.91 Å². The number of nitro groups is 1. The van der Waals surface area contributed by atoms with Crippen molar-refractivity contribution in [2.75, 3.05) is 17.7 Å². The topological polar surface area (TPSA) is 111 Å². The van der Waals surface area contributed by atoms with E-state index in [1.807, 2.05) is 12.1 Å². The van der Waals surface area contributed by atoms with E-state index in [0.717, 1.165) is 4.90 Å². The first-order valence-electron chi connectivity index (χ1n) is 9.63. The van der Waals surface area contributed by atoms with Crippen molar-refractivity contribution in [1.82, 2.24) is 0 Å². The number of carbonyl (C=O) groups excluding carboxylic acids is 2. The number of rotatable bonds is 8. The van der Waals surface area contributed by atoms with Gasteiger partial charge in [-0.2, -0.15) is 0 Å². The molecule has 164 valence electrons. The molecule has 0 heterocycles. The first-order valence-corrected chi connectivity index (χ1v) is 10.5. The molecule has 2 N–H and O–H groups in total. The quantitative estimate of drug-likeness (QED) is 0.284. The molecule has 0 aliphatic heterocycles. The minimum absolute atomic E-state index is 0.0380. The highest BCUT2D eigenvalue weighted by atomic mass is 32.2. The summed E-state index contributed by atoms with van der Waals surface area (Å²) in [5.41, 5.74) is 1.57. The minimum atomic E-state index is -0.493. The van der Waals surface area contributed by atoms with E-state index in [2.05, 4.69) is 10.6 Å². The molecular formula is C23H21N3O5S. The molecule has 1 atom stereocenters. The molecule has 0 fully saturated rings. The number of hydrogen-bond acceptors (Lipinski definition) is 6. The first-order chi connectivity index (χ1) is 15.4. The summed E-state index contributed by atoms with van der Waals surface area (Å²) in [6.07, 6.45) is 0. The second-order valence-corrected chi connectivity index (χ2v) is 8.18. The highest BCUT2D eigenvalue weighted by molar-refractivity contribution is 8.00. The summed E-state index contributed by atoms with van der Waals surface area (Å²) in [4.78, 5) is 35.9. The van der Waals surface area contributed by atoms with Crippen LogP contribution in [-0.4, -0.2) is 29.1 Å². The molecule has 8 nitrogen and oxygen atoms in total. The van der Waals surface area contributed by atoms with Crippen molar-refractivity contribution in [2.45, 2.75) is 17.1 Å². The molecule has 0 aromatic heterocycles. The van der Waals surface area contributed by atoms with Crippen LogP contribution in [0.1, 0.15) is 17.3 Å². The van der Waals surface area contributed by atoms with Gasteiger partial charge in [-0.15, -0.1) is 11.8 Å². The highest BCUT2D eigenvalue weighted by Gasteiger charge is 2.15. The van der Waals surface area contributed by atoms with E-state index >= 15 is 0 Å². The number of hydrogen-bond donors (Lipinski definition) is 2. The Balaban J connectivity index is 1.55. The van der Waals surface area contributed by atoms with Gasteiger partial charge < -0.3 is 15.4 Å². The van der Waals surface area contributed by atoms with Crippen LogP contribution in [0, 0.1) is 10.1 Å². The van der Waals surface area contributed by atoms with Crippen LogP contribution in [0.15, 0.2) is 77.7 Å². The van der Waals surface area contributed by atoms with Crippen molar-refractivity contribution in [1.29, 1.82) is 0 Å². The molecule has 1 unspecified atom stereocenters. The molecule has 2 amide bonds. The Hall–Kier alpha value is -3.85. The van der Waals surface area contributed by atoms with Gasteiger partial charge in [-0.25, -0.2) is 0 Å². The lowest BCUT2D eigenvalue weighted by Crippen LogP contribution is -2.22. The average molecular weight is 452 g/mol. The van der Waals surface area contributed by atoms with Crippen molar-refractivity contribution in [3.63, 3.8) is 0 Å². The summed E-state index contributed by atoms with van der Waals surface area (Å²) < 4.78 is 5.14. The fourth-order valence-corrected chi connectivity index (χ4v) is 3.62. The minimum Gasteiger partial charge on any atom is -0.497 e. The average Bonchev–Trinajstić information content (AvgIpc) is 2.80. The van der Waals surface area contributed by atoms with Gasteiger partial charge in [0.1, 0.15) is 5.75 Å². The number of amides is 2. The Morgan fingerprint density at radius 3 is 2.22 bits per heavy atom. The zero-order chi connectivity index (χ0) is 23.1. The van der Waals surface area contributed by atoms with E-state index in [4.69, 9.17) is 4.74 Å². The van der Waals surface area contributed by atoms with Crippen LogP contribution in [0.2, 0.25) is 0 Å². The maximum atomic E-state index is 12.4. The highest BCUT2D eigenvalue weighted by Crippen LogP contribution is 2.26. The molecular weight excluding hydrogens is 430 g/mol. The number of anilines is 2. The SMILES string of the molecule is COc1cccc(C(=O)Nc2ccc(SC(C)C(=O)Nc3ccc([N+](=O)[O-])cc3)cc2)c1. The number of nitrogens with one attached hydrogen (secondary N) is 2. The van der Waals surface area contributed by atoms with E-state index in [1.165, 1.54) is 36.0 Å². The number of benzene rings is 3. The van der Waals surface area contributed by atoms with E-state index in [9.17, 15) is 19.7 Å². The van der Waals surface area contributed by atoms with Crippen molar-refractivity contribution < 1.29 is 19.2 Å². The van der Waals surface area contributed by atoms with Crippen LogP contribution >= 0.6 is 11.8 Å². The number of methoxy groups -OCH3 is 1. The first kappa shape index (κ1) is 22.8. The molecule has 3 rings (SSSR count). The molecule has 0 spiro atoms. The van der Waals surface area contributed by atoms with Gasteiger partial charge in [-0.3, -0.25) is 19.7 Å². The Morgan fingerprint density at radius 1 is 0.969 bits per heavy atom. The third-order valence-corrected chi connectivity index (χ3v) is 5.58. The van der Waals surface area contributed by atoms with Gasteiger partial charge in [0, 0.05) is 34.0 Å². The molecule has 32 heavy (non-hydrogen) atoms. The number of ether oxygens (including phenoxy) is 1. The summed E-state index contributed by atoms with van der Waals surface area (Å²) >= 11 is 1.36. The summed E-state index contributed by atoms with van der Waals surface area (Å²) in [6, 6.07) is 19.7. The van der Waals surface area contributed by atoms with Crippen LogP contribution in [0.3, 0.4) is 0 Å². The van der Waals surface area contributed by atoms with E-state index in [-0.39, 0.29) is 17.5 Å². The van der Waals surface area contributed by atoms with Gasteiger partial charge >= 0.3 is 0 Å². The molecule has 0 radical (unpaired) electrons. The molecule has 0 aliphatic carbocycles. The Labute approximate surface area is 189 Å². The molecule has 0 saturated carbocycles. The molecule has 0 saturated heterocycles. The second kappa shape index (κ2) is 10.5. The van der Waals surface area contributed by atoms with E-state index in [0.29, 0.717) is 22.7 Å². The zero-order valence-corrected chi connectivity index (χ0v) is 18.2. The second-order valence-electron chi connectivity index (χ2n) is 6.76. The normalized spacial score (nSPS) is 11.3. The number of carbonyl (C=O) groups is 2. The maximum absolute atomic E-state index is 12.4. The van der Waals surface area contributed by atoms with Crippen molar-refractivity contribution in [3.05, 3.63) is 88.5 Å². The zero-order valence-electron chi connectivity index (χ0n) is 17.4. The fraction of sp³-hybridized carbons (Fsp3) is 0.130. The molecule has 3 aromatic carbocycles. The van der Waals surface area contributed by atoms with Gasteiger partial charge in [0.25, 0.3) is 11.6 Å². The van der Waals surface area contributed by atoms with Crippen LogP contribution in [0.4, 0.5) is 17.1 Å². The largest absolute Gasteiger partial charge is 0.497 e. The van der Waals surface area contributed by atoms with Gasteiger partial charge in [-0.1, -0.05) is 6.07 Å². The lowest BCUT2D eigenvalue weighted by Gasteiger charge is -2.12.